The summed E-state index contributed by atoms with van der Waals surface area (Å²) in [6, 6.07) is 7.94. The van der Waals surface area contributed by atoms with E-state index in [2.05, 4.69) is 23.1 Å². The smallest absolute Gasteiger partial charge is 0.0919 e. The number of morpholine rings is 1. The molecule has 0 amide bonds. The highest BCUT2D eigenvalue weighted by molar-refractivity contribution is 5.76. The molecule has 1 aromatic rings. The Morgan fingerprint density at radius 2 is 1.80 bits per heavy atom. The monoisotopic (exact) mass is 271 g/mol. The fourth-order valence-electron chi connectivity index (χ4n) is 2.75. The highest BCUT2D eigenvalue weighted by atomic mass is 16.5. The Morgan fingerprint density at radius 3 is 2.40 bits per heavy atom. The lowest BCUT2D eigenvalue weighted by Gasteiger charge is -2.42. The largest absolute Gasteiger partial charge is 0.399 e. The van der Waals surface area contributed by atoms with Gasteiger partial charge >= 0.3 is 0 Å². The molecule has 1 unspecified atom stereocenters. The summed E-state index contributed by atoms with van der Waals surface area (Å²) in [6.07, 6.45) is 7.26. The lowest BCUT2D eigenvalue weighted by molar-refractivity contribution is -0.00363. The Hall–Kier alpha value is -1.62. The third-order valence-corrected chi connectivity index (χ3v) is 4.04. The predicted molar refractivity (Wildman–Crippen MR) is 81.9 cm³/mol. The second-order valence-electron chi connectivity index (χ2n) is 5.41. The molecule has 1 saturated heterocycles. The van der Waals surface area contributed by atoms with Crippen LogP contribution in [0, 0.1) is 0 Å². The van der Waals surface area contributed by atoms with Gasteiger partial charge in [-0.1, -0.05) is 24.3 Å². The van der Waals surface area contributed by atoms with Crippen LogP contribution in [0.1, 0.15) is 12.0 Å². The van der Waals surface area contributed by atoms with E-state index >= 15 is 0 Å². The Kier molecular flexibility index (Phi) is 3.61. The number of rotatable bonds is 2. The minimum Gasteiger partial charge on any atom is -0.399 e. The van der Waals surface area contributed by atoms with Crippen molar-refractivity contribution in [2.75, 3.05) is 32.0 Å². The van der Waals surface area contributed by atoms with Gasteiger partial charge in [-0.2, -0.15) is 0 Å². The van der Waals surface area contributed by atoms with Crippen LogP contribution in [0.15, 0.2) is 42.5 Å². The molecule has 0 saturated carbocycles. The summed E-state index contributed by atoms with van der Waals surface area (Å²) in [6.45, 7) is 3.32. The van der Waals surface area contributed by atoms with E-state index in [-0.39, 0.29) is 5.66 Å². The molecule has 1 heterocycles. The van der Waals surface area contributed by atoms with Gasteiger partial charge in [0.1, 0.15) is 0 Å². The number of hydrogen-bond acceptors (Lipinski definition) is 4. The molecular weight excluding hydrogens is 250 g/mol. The number of nitrogens with two attached hydrogens (primary N) is 2. The van der Waals surface area contributed by atoms with Crippen LogP contribution < -0.4 is 11.5 Å². The van der Waals surface area contributed by atoms with Crippen molar-refractivity contribution in [2.45, 2.75) is 12.1 Å². The van der Waals surface area contributed by atoms with Gasteiger partial charge in [-0.15, -0.1) is 0 Å². The van der Waals surface area contributed by atoms with Gasteiger partial charge in [-0.05, 0) is 29.3 Å². The summed E-state index contributed by atoms with van der Waals surface area (Å²) in [5, 5.41) is 0. The minimum atomic E-state index is -0.374. The number of nitrogens with zero attached hydrogens (tertiary/aromatic N) is 1. The molecular formula is C16H21N3O. The van der Waals surface area contributed by atoms with Crippen LogP contribution >= 0.6 is 0 Å². The third kappa shape index (κ3) is 2.63. The van der Waals surface area contributed by atoms with E-state index in [1.54, 1.807) is 0 Å². The second-order valence-corrected chi connectivity index (χ2v) is 5.41. The fourth-order valence-corrected chi connectivity index (χ4v) is 2.75. The molecule has 4 nitrogen and oxygen atoms in total. The summed E-state index contributed by atoms with van der Waals surface area (Å²) < 4.78 is 5.39. The molecule has 1 atom stereocenters. The molecule has 0 spiro atoms. The first-order valence-electron chi connectivity index (χ1n) is 7.04. The summed E-state index contributed by atoms with van der Waals surface area (Å²) in [5.74, 6) is 0. The molecule has 0 aromatic heterocycles. The zero-order valence-electron chi connectivity index (χ0n) is 11.6. The lowest BCUT2D eigenvalue weighted by Crippen LogP contribution is -2.58. The topological polar surface area (TPSA) is 64.5 Å². The van der Waals surface area contributed by atoms with Gasteiger partial charge in [0.05, 0.1) is 18.9 Å². The van der Waals surface area contributed by atoms with Crippen molar-refractivity contribution in [2.24, 2.45) is 5.73 Å². The number of allylic oxidation sites excluding steroid dienone is 2. The normalized spacial score (nSPS) is 27.4. The van der Waals surface area contributed by atoms with E-state index in [0.29, 0.717) is 0 Å². The molecule has 1 aliphatic carbocycles. The van der Waals surface area contributed by atoms with Crippen molar-refractivity contribution < 1.29 is 4.74 Å². The maximum atomic E-state index is 6.52. The van der Waals surface area contributed by atoms with Gasteiger partial charge in [0, 0.05) is 25.2 Å². The third-order valence-electron chi connectivity index (χ3n) is 4.04. The zero-order chi connectivity index (χ0) is 14.0. The van der Waals surface area contributed by atoms with Crippen LogP contribution in [0.4, 0.5) is 5.69 Å². The first kappa shape index (κ1) is 13.4. The van der Waals surface area contributed by atoms with E-state index in [0.717, 1.165) is 38.4 Å². The highest BCUT2D eigenvalue weighted by Crippen LogP contribution is 2.28. The average molecular weight is 271 g/mol. The number of nitrogen functional groups attached to an aromatic ring is 1. The molecule has 20 heavy (non-hydrogen) atoms. The van der Waals surface area contributed by atoms with Gasteiger partial charge in [-0.25, -0.2) is 0 Å². The molecule has 3 rings (SSSR count). The minimum absolute atomic E-state index is 0.374. The summed E-state index contributed by atoms with van der Waals surface area (Å²) in [7, 11) is 0. The fraction of sp³-hybridized carbons (Fsp3) is 0.375. The maximum Gasteiger partial charge on any atom is 0.0919 e. The Labute approximate surface area is 119 Å². The van der Waals surface area contributed by atoms with E-state index in [9.17, 15) is 0 Å². The van der Waals surface area contributed by atoms with Crippen molar-refractivity contribution in [3.05, 3.63) is 48.1 Å². The first-order valence-corrected chi connectivity index (χ1v) is 7.04. The van der Waals surface area contributed by atoms with Crippen LogP contribution in [0.3, 0.4) is 0 Å². The van der Waals surface area contributed by atoms with E-state index < -0.39 is 0 Å². The zero-order valence-corrected chi connectivity index (χ0v) is 11.6. The molecule has 0 bridgehead atoms. The van der Waals surface area contributed by atoms with Crippen molar-refractivity contribution in [1.82, 2.24) is 4.90 Å². The first-order chi connectivity index (χ1) is 9.67. The Bertz CT molecular complexity index is 529. The number of benzene rings is 1. The molecule has 1 aromatic carbocycles. The van der Waals surface area contributed by atoms with Crippen LogP contribution in [0.25, 0.3) is 5.57 Å². The number of ether oxygens (including phenoxy) is 1. The molecule has 106 valence electrons. The van der Waals surface area contributed by atoms with Crippen LogP contribution in [-0.4, -0.2) is 36.9 Å². The number of hydrogen-bond donors (Lipinski definition) is 2. The van der Waals surface area contributed by atoms with Crippen molar-refractivity contribution in [3.63, 3.8) is 0 Å². The summed E-state index contributed by atoms with van der Waals surface area (Å²) in [4.78, 5) is 2.29. The van der Waals surface area contributed by atoms with Crippen LogP contribution in [0.2, 0.25) is 0 Å². The van der Waals surface area contributed by atoms with E-state index in [4.69, 9.17) is 16.2 Å². The van der Waals surface area contributed by atoms with Crippen LogP contribution in [0.5, 0.6) is 0 Å². The van der Waals surface area contributed by atoms with Crippen molar-refractivity contribution in [3.8, 4) is 0 Å². The molecule has 1 fully saturated rings. The number of anilines is 1. The van der Waals surface area contributed by atoms with Crippen molar-refractivity contribution in [1.29, 1.82) is 0 Å². The lowest BCUT2D eigenvalue weighted by atomic mass is 9.92. The average Bonchev–Trinajstić information content (AvgIpc) is 2.50. The molecule has 4 heteroatoms. The van der Waals surface area contributed by atoms with Gasteiger partial charge in [-0.3, -0.25) is 4.90 Å². The second kappa shape index (κ2) is 5.40. The Balaban J connectivity index is 1.74. The highest BCUT2D eigenvalue weighted by Gasteiger charge is 2.31. The van der Waals surface area contributed by atoms with Gasteiger partial charge in [0.2, 0.25) is 0 Å². The van der Waals surface area contributed by atoms with Crippen LogP contribution in [-0.2, 0) is 4.74 Å². The molecule has 2 aliphatic rings. The molecule has 0 radical (unpaired) electrons. The van der Waals surface area contributed by atoms with Gasteiger partial charge < -0.3 is 16.2 Å². The van der Waals surface area contributed by atoms with E-state index in [1.165, 1.54) is 11.1 Å². The van der Waals surface area contributed by atoms with Crippen molar-refractivity contribution >= 4 is 11.3 Å². The molecule has 1 aliphatic heterocycles. The Morgan fingerprint density at radius 1 is 1.10 bits per heavy atom. The predicted octanol–water partition coefficient (Wildman–Crippen LogP) is 1.60. The summed E-state index contributed by atoms with van der Waals surface area (Å²) >= 11 is 0. The maximum absolute atomic E-state index is 6.52. The van der Waals surface area contributed by atoms with Gasteiger partial charge in [0.15, 0.2) is 0 Å². The quantitative estimate of drug-likeness (QED) is 0.802. The van der Waals surface area contributed by atoms with E-state index in [1.807, 2.05) is 24.3 Å². The van der Waals surface area contributed by atoms with Gasteiger partial charge in [0.25, 0.3) is 0 Å². The SMILES string of the molecule is Nc1ccc(C2=CCC(N)(N3CCOCC3)C=C2)cc1. The summed E-state index contributed by atoms with van der Waals surface area (Å²) in [5.41, 5.74) is 15.0. The molecule has 4 N–H and O–H groups in total. The standard InChI is InChI=1S/C16H21N3O/c17-15-3-1-13(2-4-15)14-5-7-16(18,8-6-14)19-9-11-20-12-10-19/h1-7H,8-12,17-18H2.